The Bertz CT molecular complexity index is 497. The first kappa shape index (κ1) is 11.6. The van der Waals surface area contributed by atoms with Crippen molar-refractivity contribution in [1.82, 2.24) is 4.98 Å². The first-order chi connectivity index (χ1) is 8.29. The molecule has 2 rings (SSSR count). The maximum atomic E-state index is 5.72. The summed E-state index contributed by atoms with van der Waals surface area (Å²) in [5.74, 6) is 0.872. The Hall–Kier alpha value is -1.87. The van der Waals surface area contributed by atoms with Crippen LogP contribution in [0, 0.1) is 6.92 Å². The average Bonchev–Trinajstić information content (AvgIpc) is 2.37. The topological polar surface area (TPSA) is 48.1 Å². The molecule has 0 spiro atoms. The zero-order chi connectivity index (χ0) is 12.1. The van der Waals surface area contributed by atoms with Crippen LogP contribution in [0.2, 0.25) is 0 Å². The van der Waals surface area contributed by atoms with Gasteiger partial charge in [0, 0.05) is 18.3 Å². The van der Waals surface area contributed by atoms with Crippen molar-refractivity contribution >= 4 is 0 Å². The van der Waals surface area contributed by atoms with Crippen molar-refractivity contribution in [2.75, 3.05) is 0 Å². The van der Waals surface area contributed by atoms with Gasteiger partial charge in [-0.3, -0.25) is 4.98 Å². The first-order valence-electron chi connectivity index (χ1n) is 5.62. The summed E-state index contributed by atoms with van der Waals surface area (Å²) in [7, 11) is 0. The minimum absolute atomic E-state index is 0.438. The molecule has 0 aliphatic heterocycles. The summed E-state index contributed by atoms with van der Waals surface area (Å²) in [6.07, 6.45) is 1.75. The third-order valence-corrected chi connectivity index (χ3v) is 2.56. The molecule has 1 aromatic carbocycles. The van der Waals surface area contributed by atoms with Gasteiger partial charge in [-0.2, -0.15) is 0 Å². The van der Waals surface area contributed by atoms with E-state index in [0.29, 0.717) is 13.2 Å². The molecule has 0 aliphatic carbocycles. The van der Waals surface area contributed by atoms with Crippen LogP contribution >= 0.6 is 0 Å². The number of hydrogen-bond acceptors (Lipinski definition) is 3. The molecule has 0 saturated heterocycles. The highest BCUT2D eigenvalue weighted by Crippen LogP contribution is 2.15. The monoisotopic (exact) mass is 228 g/mol. The highest BCUT2D eigenvalue weighted by molar-refractivity contribution is 5.28. The van der Waals surface area contributed by atoms with Crippen LogP contribution in [0.5, 0.6) is 5.75 Å². The fourth-order valence-electron chi connectivity index (χ4n) is 1.65. The van der Waals surface area contributed by atoms with Gasteiger partial charge in [0.2, 0.25) is 0 Å². The van der Waals surface area contributed by atoms with Crippen LogP contribution in [-0.2, 0) is 13.2 Å². The van der Waals surface area contributed by atoms with E-state index in [2.05, 4.69) is 4.98 Å². The lowest BCUT2D eigenvalue weighted by Crippen LogP contribution is -2.06. The highest BCUT2D eigenvalue weighted by atomic mass is 16.5. The van der Waals surface area contributed by atoms with Crippen molar-refractivity contribution in [1.29, 1.82) is 0 Å². The van der Waals surface area contributed by atoms with Crippen molar-refractivity contribution in [3.05, 3.63) is 59.4 Å². The molecule has 3 heteroatoms. The smallest absolute Gasteiger partial charge is 0.120 e. The fourth-order valence-corrected chi connectivity index (χ4v) is 1.65. The molecule has 2 aromatic rings. The Labute approximate surface area is 101 Å². The van der Waals surface area contributed by atoms with E-state index in [0.717, 1.165) is 17.0 Å². The lowest BCUT2D eigenvalue weighted by molar-refractivity contribution is 0.304. The maximum Gasteiger partial charge on any atom is 0.120 e. The highest BCUT2D eigenvalue weighted by Gasteiger charge is 2.02. The number of nitrogens with two attached hydrogens (primary N) is 1. The number of ether oxygens (including phenoxy) is 1. The molecule has 0 atom stereocenters. The summed E-state index contributed by atoms with van der Waals surface area (Å²) < 4.78 is 5.72. The van der Waals surface area contributed by atoms with E-state index >= 15 is 0 Å². The molecule has 0 radical (unpaired) electrons. The predicted molar refractivity (Wildman–Crippen MR) is 67.6 cm³/mol. The molecule has 0 aliphatic rings. The Morgan fingerprint density at radius 2 is 2.12 bits per heavy atom. The van der Waals surface area contributed by atoms with E-state index in [-0.39, 0.29) is 0 Å². The molecular weight excluding hydrogens is 212 g/mol. The van der Waals surface area contributed by atoms with E-state index in [1.54, 1.807) is 6.20 Å². The van der Waals surface area contributed by atoms with E-state index in [9.17, 15) is 0 Å². The van der Waals surface area contributed by atoms with E-state index in [1.807, 2.05) is 43.3 Å². The second-order valence-corrected chi connectivity index (χ2v) is 3.92. The van der Waals surface area contributed by atoms with Crippen LogP contribution in [-0.4, -0.2) is 4.98 Å². The zero-order valence-corrected chi connectivity index (χ0v) is 9.89. The quantitative estimate of drug-likeness (QED) is 0.874. The zero-order valence-electron chi connectivity index (χ0n) is 9.89. The Kier molecular flexibility index (Phi) is 3.73. The maximum absolute atomic E-state index is 5.72. The lowest BCUT2D eigenvalue weighted by Gasteiger charge is -2.09. The number of pyridine rings is 1. The summed E-state index contributed by atoms with van der Waals surface area (Å²) in [5.41, 5.74) is 8.74. The van der Waals surface area contributed by atoms with Crippen LogP contribution in [0.1, 0.15) is 16.8 Å². The van der Waals surface area contributed by atoms with Gasteiger partial charge >= 0.3 is 0 Å². The molecule has 17 heavy (non-hydrogen) atoms. The average molecular weight is 228 g/mol. The van der Waals surface area contributed by atoms with Crippen molar-refractivity contribution in [2.45, 2.75) is 20.1 Å². The van der Waals surface area contributed by atoms with Crippen LogP contribution in [0.3, 0.4) is 0 Å². The largest absolute Gasteiger partial charge is 0.489 e. The van der Waals surface area contributed by atoms with Crippen molar-refractivity contribution in [2.24, 2.45) is 5.73 Å². The summed E-state index contributed by atoms with van der Waals surface area (Å²) in [4.78, 5) is 4.22. The molecule has 88 valence electrons. The Balaban J connectivity index is 2.07. The second-order valence-electron chi connectivity index (χ2n) is 3.92. The van der Waals surface area contributed by atoms with Gasteiger partial charge in [0.15, 0.2) is 0 Å². The van der Waals surface area contributed by atoms with E-state index < -0.39 is 0 Å². The normalized spacial score (nSPS) is 10.2. The summed E-state index contributed by atoms with van der Waals surface area (Å²) >= 11 is 0. The van der Waals surface area contributed by atoms with Gasteiger partial charge in [-0.05, 0) is 30.7 Å². The predicted octanol–water partition coefficient (Wildman–Crippen LogP) is 2.43. The molecule has 3 nitrogen and oxygen atoms in total. The molecule has 1 heterocycles. The Morgan fingerprint density at radius 1 is 1.24 bits per heavy atom. The van der Waals surface area contributed by atoms with Gasteiger partial charge in [-0.15, -0.1) is 0 Å². The fraction of sp³-hybridized carbons (Fsp3) is 0.214. The minimum atomic E-state index is 0.438. The molecule has 1 aromatic heterocycles. The van der Waals surface area contributed by atoms with Gasteiger partial charge in [-0.1, -0.05) is 18.2 Å². The van der Waals surface area contributed by atoms with Gasteiger partial charge < -0.3 is 10.5 Å². The van der Waals surface area contributed by atoms with E-state index in [1.165, 1.54) is 5.56 Å². The number of nitrogens with zero attached hydrogens (tertiary/aromatic N) is 1. The van der Waals surface area contributed by atoms with Gasteiger partial charge in [0.25, 0.3) is 0 Å². The summed E-state index contributed by atoms with van der Waals surface area (Å²) in [6, 6.07) is 11.9. The van der Waals surface area contributed by atoms with Crippen molar-refractivity contribution < 1.29 is 4.74 Å². The third kappa shape index (κ3) is 3.04. The SMILES string of the molecule is Cc1cccc(OCc2cccnc2CN)c1. The van der Waals surface area contributed by atoms with Gasteiger partial charge in [-0.25, -0.2) is 0 Å². The first-order valence-corrected chi connectivity index (χ1v) is 5.62. The number of rotatable bonds is 4. The van der Waals surface area contributed by atoms with Crippen LogP contribution in [0.25, 0.3) is 0 Å². The molecule has 0 fully saturated rings. The number of aromatic nitrogens is 1. The van der Waals surface area contributed by atoms with Crippen molar-refractivity contribution in [3.63, 3.8) is 0 Å². The molecular formula is C14H16N2O. The van der Waals surface area contributed by atoms with Gasteiger partial charge in [0.1, 0.15) is 12.4 Å². The van der Waals surface area contributed by atoms with Crippen LogP contribution in [0.4, 0.5) is 0 Å². The second kappa shape index (κ2) is 5.46. The molecule has 2 N–H and O–H groups in total. The number of hydrogen-bond donors (Lipinski definition) is 1. The summed E-state index contributed by atoms with van der Waals surface area (Å²) in [6.45, 7) is 2.99. The molecule has 0 amide bonds. The Morgan fingerprint density at radius 3 is 2.88 bits per heavy atom. The van der Waals surface area contributed by atoms with Gasteiger partial charge in [0.05, 0.1) is 5.69 Å². The van der Waals surface area contributed by atoms with Crippen molar-refractivity contribution in [3.8, 4) is 5.75 Å². The summed E-state index contributed by atoms with van der Waals surface area (Å²) in [5, 5.41) is 0. The molecule has 0 unspecified atom stereocenters. The standard InChI is InChI=1S/C14H16N2O/c1-11-4-2-6-13(8-11)17-10-12-5-3-7-16-14(12)9-15/h2-8H,9-10,15H2,1H3. The van der Waals surface area contributed by atoms with Crippen LogP contribution in [0.15, 0.2) is 42.6 Å². The third-order valence-electron chi connectivity index (χ3n) is 2.56. The molecule has 0 bridgehead atoms. The number of aryl methyl sites for hydroxylation is 1. The molecule has 0 saturated carbocycles. The van der Waals surface area contributed by atoms with Crippen LogP contribution < -0.4 is 10.5 Å². The lowest BCUT2D eigenvalue weighted by atomic mass is 10.2. The minimum Gasteiger partial charge on any atom is -0.489 e. The van der Waals surface area contributed by atoms with E-state index in [4.69, 9.17) is 10.5 Å². The number of benzene rings is 1.